The third-order valence-electron chi connectivity index (χ3n) is 1.87. The third kappa shape index (κ3) is 2.62. The predicted octanol–water partition coefficient (Wildman–Crippen LogP) is 1.42. The van der Waals surface area contributed by atoms with E-state index in [-0.39, 0.29) is 12.0 Å². The zero-order chi connectivity index (χ0) is 11.4. The molecule has 0 heterocycles. The molecule has 1 amide bonds. The highest BCUT2D eigenvalue weighted by Gasteiger charge is 2.14. The quantitative estimate of drug-likeness (QED) is 0.738. The van der Waals surface area contributed by atoms with Crippen LogP contribution in [0, 0.1) is 0 Å². The van der Waals surface area contributed by atoms with Crippen molar-refractivity contribution in [2.75, 3.05) is 12.8 Å². The first-order chi connectivity index (χ1) is 7.06. The van der Waals surface area contributed by atoms with Gasteiger partial charge < -0.3 is 15.8 Å². The summed E-state index contributed by atoms with van der Waals surface area (Å²) >= 11 is 0. The number of rotatable bonds is 3. The number of nitrogens with one attached hydrogen (secondary N) is 1. The lowest BCUT2D eigenvalue weighted by Gasteiger charge is -2.15. The summed E-state index contributed by atoms with van der Waals surface area (Å²) in [6.07, 6.45) is -0.0156. The van der Waals surface area contributed by atoms with Crippen LogP contribution in [-0.2, 0) is 0 Å². The Labute approximate surface area is 89.4 Å². The van der Waals surface area contributed by atoms with Crippen LogP contribution in [-0.4, -0.2) is 19.1 Å². The third-order valence-corrected chi connectivity index (χ3v) is 1.87. The van der Waals surface area contributed by atoms with Gasteiger partial charge in [0.2, 0.25) is 0 Å². The van der Waals surface area contributed by atoms with Gasteiger partial charge in [-0.05, 0) is 26.0 Å². The maximum absolute atomic E-state index is 11.5. The van der Waals surface area contributed by atoms with E-state index in [9.17, 15) is 4.79 Å². The number of ether oxygens (including phenoxy) is 1. The minimum atomic E-state index is -0.196. The SMILES string of the molecule is CNC(=O)c1cccc(N)c1OC(C)C. The molecule has 0 aliphatic heterocycles. The number of para-hydroxylation sites is 1. The minimum absolute atomic E-state index is 0.0156. The predicted molar refractivity (Wildman–Crippen MR) is 60.0 cm³/mol. The van der Waals surface area contributed by atoms with E-state index in [0.29, 0.717) is 17.0 Å². The second-order valence-electron chi connectivity index (χ2n) is 3.47. The van der Waals surface area contributed by atoms with Gasteiger partial charge in [0.05, 0.1) is 17.4 Å². The van der Waals surface area contributed by atoms with Crippen molar-refractivity contribution in [1.29, 1.82) is 0 Å². The molecule has 0 aliphatic carbocycles. The molecule has 1 aromatic carbocycles. The molecule has 0 bridgehead atoms. The molecule has 0 aromatic heterocycles. The van der Waals surface area contributed by atoms with Crippen molar-refractivity contribution < 1.29 is 9.53 Å². The van der Waals surface area contributed by atoms with Crippen LogP contribution >= 0.6 is 0 Å². The van der Waals surface area contributed by atoms with Crippen molar-refractivity contribution in [1.82, 2.24) is 5.32 Å². The van der Waals surface area contributed by atoms with Crippen molar-refractivity contribution in [3.8, 4) is 5.75 Å². The highest BCUT2D eigenvalue weighted by Crippen LogP contribution is 2.27. The highest BCUT2D eigenvalue weighted by molar-refractivity contribution is 5.98. The van der Waals surface area contributed by atoms with Crippen molar-refractivity contribution in [2.45, 2.75) is 20.0 Å². The lowest BCUT2D eigenvalue weighted by molar-refractivity contribution is 0.0957. The number of benzene rings is 1. The summed E-state index contributed by atoms with van der Waals surface area (Å²) < 4.78 is 5.51. The Morgan fingerprint density at radius 1 is 1.47 bits per heavy atom. The van der Waals surface area contributed by atoms with E-state index in [1.54, 1.807) is 25.2 Å². The molecule has 0 unspecified atom stereocenters. The van der Waals surface area contributed by atoms with E-state index >= 15 is 0 Å². The molecule has 0 radical (unpaired) electrons. The van der Waals surface area contributed by atoms with E-state index in [4.69, 9.17) is 10.5 Å². The van der Waals surface area contributed by atoms with Gasteiger partial charge in [0.15, 0.2) is 5.75 Å². The Bertz CT molecular complexity index is 362. The van der Waals surface area contributed by atoms with Crippen molar-refractivity contribution >= 4 is 11.6 Å². The van der Waals surface area contributed by atoms with Gasteiger partial charge in [-0.15, -0.1) is 0 Å². The van der Waals surface area contributed by atoms with E-state index in [1.165, 1.54) is 0 Å². The van der Waals surface area contributed by atoms with Crippen LogP contribution in [0.25, 0.3) is 0 Å². The largest absolute Gasteiger partial charge is 0.488 e. The first kappa shape index (κ1) is 11.4. The second kappa shape index (κ2) is 4.68. The van der Waals surface area contributed by atoms with Gasteiger partial charge >= 0.3 is 0 Å². The van der Waals surface area contributed by atoms with E-state index in [2.05, 4.69) is 5.32 Å². The Morgan fingerprint density at radius 3 is 2.67 bits per heavy atom. The monoisotopic (exact) mass is 208 g/mol. The van der Waals surface area contributed by atoms with Gasteiger partial charge in [0, 0.05) is 7.05 Å². The van der Waals surface area contributed by atoms with Crippen LogP contribution < -0.4 is 15.8 Å². The molecular formula is C11H16N2O2. The Balaban J connectivity index is 3.14. The number of hydrogen-bond donors (Lipinski definition) is 2. The summed E-state index contributed by atoms with van der Waals surface area (Å²) in [4.78, 5) is 11.5. The normalized spacial score (nSPS) is 10.1. The standard InChI is InChI=1S/C11H16N2O2/c1-7(2)15-10-8(11(14)13-3)5-4-6-9(10)12/h4-7H,12H2,1-3H3,(H,13,14). The molecule has 3 N–H and O–H groups in total. The Hall–Kier alpha value is -1.71. The summed E-state index contributed by atoms with van der Waals surface area (Å²) in [6.45, 7) is 3.78. The van der Waals surface area contributed by atoms with Crippen LogP contribution in [0.1, 0.15) is 24.2 Å². The smallest absolute Gasteiger partial charge is 0.254 e. The van der Waals surface area contributed by atoms with Gasteiger partial charge in [0.25, 0.3) is 5.91 Å². The molecule has 4 heteroatoms. The summed E-state index contributed by atoms with van der Waals surface area (Å²) in [5.74, 6) is 0.254. The van der Waals surface area contributed by atoms with Crippen molar-refractivity contribution in [3.05, 3.63) is 23.8 Å². The first-order valence-electron chi connectivity index (χ1n) is 4.83. The summed E-state index contributed by atoms with van der Waals surface area (Å²) in [6, 6.07) is 5.13. The fourth-order valence-electron chi connectivity index (χ4n) is 1.24. The first-order valence-corrected chi connectivity index (χ1v) is 4.83. The minimum Gasteiger partial charge on any atom is -0.488 e. The van der Waals surface area contributed by atoms with E-state index in [1.807, 2.05) is 13.8 Å². The number of carbonyl (C=O) groups is 1. The molecule has 0 saturated carbocycles. The number of nitrogen functional groups attached to an aromatic ring is 1. The zero-order valence-electron chi connectivity index (χ0n) is 9.20. The van der Waals surface area contributed by atoms with Crippen molar-refractivity contribution in [3.63, 3.8) is 0 Å². The van der Waals surface area contributed by atoms with Crippen LogP contribution in [0.2, 0.25) is 0 Å². The maximum atomic E-state index is 11.5. The zero-order valence-corrected chi connectivity index (χ0v) is 9.20. The van der Waals surface area contributed by atoms with Crippen molar-refractivity contribution in [2.24, 2.45) is 0 Å². The maximum Gasteiger partial charge on any atom is 0.254 e. The lowest BCUT2D eigenvalue weighted by atomic mass is 10.1. The average Bonchev–Trinajstić information content (AvgIpc) is 2.19. The second-order valence-corrected chi connectivity index (χ2v) is 3.47. The number of carbonyl (C=O) groups excluding carboxylic acids is 1. The highest BCUT2D eigenvalue weighted by atomic mass is 16.5. The van der Waals surface area contributed by atoms with Crippen LogP contribution in [0.3, 0.4) is 0 Å². The molecule has 1 rings (SSSR count). The molecule has 0 atom stereocenters. The fourth-order valence-corrected chi connectivity index (χ4v) is 1.24. The molecule has 82 valence electrons. The van der Waals surface area contributed by atoms with Crippen LogP contribution in [0.15, 0.2) is 18.2 Å². The summed E-state index contributed by atoms with van der Waals surface area (Å²) in [5.41, 5.74) is 6.70. The molecule has 0 saturated heterocycles. The number of hydrogen-bond acceptors (Lipinski definition) is 3. The molecule has 0 aliphatic rings. The molecule has 0 spiro atoms. The average molecular weight is 208 g/mol. The molecular weight excluding hydrogens is 192 g/mol. The van der Waals surface area contributed by atoms with E-state index < -0.39 is 0 Å². The van der Waals surface area contributed by atoms with E-state index in [0.717, 1.165) is 0 Å². The lowest BCUT2D eigenvalue weighted by Crippen LogP contribution is -2.20. The van der Waals surface area contributed by atoms with Gasteiger partial charge in [-0.2, -0.15) is 0 Å². The molecule has 15 heavy (non-hydrogen) atoms. The number of anilines is 1. The molecule has 4 nitrogen and oxygen atoms in total. The summed E-state index contributed by atoms with van der Waals surface area (Å²) in [5, 5.41) is 2.55. The number of nitrogens with two attached hydrogens (primary N) is 1. The van der Waals surface area contributed by atoms with Gasteiger partial charge in [0.1, 0.15) is 0 Å². The fraction of sp³-hybridized carbons (Fsp3) is 0.364. The molecule has 0 fully saturated rings. The topological polar surface area (TPSA) is 64.4 Å². The summed E-state index contributed by atoms with van der Waals surface area (Å²) in [7, 11) is 1.57. The number of amides is 1. The van der Waals surface area contributed by atoms with Gasteiger partial charge in [-0.25, -0.2) is 0 Å². The van der Waals surface area contributed by atoms with Crippen LogP contribution in [0.4, 0.5) is 5.69 Å². The van der Waals surface area contributed by atoms with Gasteiger partial charge in [-0.3, -0.25) is 4.79 Å². The Kier molecular flexibility index (Phi) is 3.55. The van der Waals surface area contributed by atoms with Crippen LogP contribution in [0.5, 0.6) is 5.75 Å². The molecule has 1 aromatic rings. The Morgan fingerprint density at radius 2 is 2.13 bits per heavy atom. The van der Waals surface area contributed by atoms with Gasteiger partial charge in [-0.1, -0.05) is 6.07 Å².